The monoisotopic (exact) mass is 383 g/mol. The van der Waals surface area contributed by atoms with E-state index in [4.69, 9.17) is 4.74 Å². The standard InChI is InChI=1S/C25H21NO3/c1-29-23-14-8-13-21-24(23)20(16-26-21)19(25(28)18-11-6-3-7-12-18)15-22(27)17-9-4-2-5-10-17/h2-14,16,19,26H,15H2,1H3/t19-/m0/s1. The van der Waals surface area contributed by atoms with E-state index >= 15 is 0 Å². The van der Waals surface area contributed by atoms with Crippen LogP contribution in [0.2, 0.25) is 0 Å². The molecule has 4 rings (SSSR count). The zero-order chi connectivity index (χ0) is 20.2. The summed E-state index contributed by atoms with van der Waals surface area (Å²) in [7, 11) is 1.61. The number of carbonyl (C=O) groups is 2. The molecule has 0 unspecified atom stereocenters. The zero-order valence-corrected chi connectivity index (χ0v) is 16.1. The van der Waals surface area contributed by atoms with Gasteiger partial charge < -0.3 is 9.72 Å². The Kier molecular flexibility index (Phi) is 5.25. The number of rotatable bonds is 7. The lowest BCUT2D eigenvalue weighted by Crippen LogP contribution is -2.17. The predicted octanol–water partition coefficient (Wildman–Crippen LogP) is 5.42. The number of benzene rings is 3. The van der Waals surface area contributed by atoms with Gasteiger partial charge in [-0.3, -0.25) is 9.59 Å². The number of aromatic nitrogens is 1. The van der Waals surface area contributed by atoms with Crippen LogP contribution in [0.1, 0.15) is 38.6 Å². The Morgan fingerprint density at radius 1 is 0.862 bits per heavy atom. The van der Waals surface area contributed by atoms with Gasteiger partial charge in [0, 0.05) is 34.6 Å². The molecule has 1 atom stereocenters. The van der Waals surface area contributed by atoms with Crippen LogP contribution in [-0.4, -0.2) is 23.7 Å². The third kappa shape index (κ3) is 3.69. The Labute approximate surface area is 169 Å². The highest BCUT2D eigenvalue weighted by molar-refractivity contribution is 6.08. The molecule has 4 heteroatoms. The van der Waals surface area contributed by atoms with Crippen molar-refractivity contribution in [2.45, 2.75) is 12.3 Å². The molecule has 3 aromatic carbocycles. The van der Waals surface area contributed by atoms with E-state index in [1.807, 2.05) is 60.8 Å². The molecule has 144 valence electrons. The minimum absolute atomic E-state index is 0.0656. The summed E-state index contributed by atoms with van der Waals surface area (Å²) in [5.41, 5.74) is 2.83. The van der Waals surface area contributed by atoms with E-state index < -0.39 is 5.92 Å². The predicted molar refractivity (Wildman–Crippen MR) is 114 cm³/mol. The van der Waals surface area contributed by atoms with Crippen molar-refractivity contribution in [3.63, 3.8) is 0 Å². The summed E-state index contributed by atoms with van der Waals surface area (Å²) in [4.78, 5) is 29.6. The first kappa shape index (κ1) is 18.7. The smallest absolute Gasteiger partial charge is 0.170 e. The lowest BCUT2D eigenvalue weighted by molar-refractivity contribution is 0.0894. The summed E-state index contributed by atoms with van der Waals surface area (Å²) in [5.74, 6) is -0.0854. The van der Waals surface area contributed by atoms with Crippen LogP contribution < -0.4 is 4.74 Å². The first-order chi connectivity index (χ1) is 14.2. The third-order valence-electron chi connectivity index (χ3n) is 5.15. The topological polar surface area (TPSA) is 59.2 Å². The second kappa shape index (κ2) is 8.15. The molecule has 0 aliphatic heterocycles. The maximum absolute atomic E-state index is 13.4. The first-order valence-electron chi connectivity index (χ1n) is 9.50. The van der Waals surface area contributed by atoms with Gasteiger partial charge in [0.25, 0.3) is 0 Å². The van der Waals surface area contributed by atoms with Gasteiger partial charge in [0.05, 0.1) is 13.0 Å². The highest BCUT2D eigenvalue weighted by Crippen LogP contribution is 2.36. The summed E-state index contributed by atoms with van der Waals surface area (Å²) in [6, 6.07) is 23.9. The molecule has 0 amide bonds. The van der Waals surface area contributed by atoms with E-state index in [-0.39, 0.29) is 18.0 Å². The minimum Gasteiger partial charge on any atom is -0.496 e. The van der Waals surface area contributed by atoms with Gasteiger partial charge in [-0.15, -0.1) is 0 Å². The molecule has 0 radical (unpaired) electrons. The molecule has 1 N–H and O–H groups in total. The van der Waals surface area contributed by atoms with Crippen LogP contribution in [0.4, 0.5) is 0 Å². The van der Waals surface area contributed by atoms with Crippen molar-refractivity contribution in [1.29, 1.82) is 0 Å². The number of hydrogen-bond acceptors (Lipinski definition) is 3. The van der Waals surface area contributed by atoms with E-state index in [1.54, 1.807) is 31.4 Å². The number of ketones is 2. The number of carbonyl (C=O) groups excluding carboxylic acids is 2. The van der Waals surface area contributed by atoms with Gasteiger partial charge in [-0.1, -0.05) is 66.7 Å². The van der Waals surface area contributed by atoms with Gasteiger partial charge in [-0.25, -0.2) is 0 Å². The largest absolute Gasteiger partial charge is 0.496 e. The number of methoxy groups -OCH3 is 1. The molecule has 0 spiro atoms. The third-order valence-corrected chi connectivity index (χ3v) is 5.15. The lowest BCUT2D eigenvalue weighted by atomic mass is 9.85. The van der Waals surface area contributed by atoms with Crippen molar-refractivity contribution in [3.05, 3.63) is 102 Å². The number of ether oxygens (including phenoxy) is 1. The molecule has 4 nitrogen and oxygen atoms in total. The molecule has 0 aliphatic rings. The van der Waals surface area contributed by atoms with Gasteiger partial charge in [0.15, 0.2) is 11.6 Å². The molecule has 4 aromatic rings. The van der Waals surface area contributed by atoms with Crippen LogP contribution in [0, 0.1) is 0 Å². The summed E-state index contributed by atoms with van der Waals surface area (Å²) in [5, 5.41) is 0.838. The fourth-order valence-electron chi connectivity index (χ4n) is 3.70. The Bertz CT molecular complexity index is 1150. The maximum atomic E-state index is 13.4. The van der Waals surface area contributed by atoms with Crippen LogP contribution in [-0.2, 0) is 0 Å². The SMILES string of the molecule is COc1cccc2[nH]cc([C@H](CC(=O)c3ccccc3)C(=O)c3ccccc3)c12. The van der Waals surface area contributed by atoms with Crippen LogP contribution in [0.5, 0.6) is 5.75 Å². The molecule has 0 saturated heterocycles. The summed E-state index contributed by atoms with van der Waals surface area (Å²) in [6.45, 7) is 0. The average molecular weight is 383 g/mol. The van der Waals surface area contributed by atoms with Crippen molar-refractivity contribution >= 4 is 22.5 Å². The Morgan fingerprint density at radius 3 is 2.17 bits per heavy atom. The molecule has 0 fully saturated rings. The molecular weight excluding hydrogens is 362 g/mol. The molecule has 29 heavy (non-hydrogen) atoms. The minimum atomic E-state index is -0.616. The second-order valence-corrected chi connectivity index (χ2v) is 6.90. The molecule has 0 saturated carbocycles. The quantitative estimate of drug-likeness (QED) is 0.434. The Morgan fingerprint density at radius 2 is 1.52 bits per heavy atom. The van der Waals surface area contributed by atoms with Crippen LogP contribution in [0.25, 0.3) is 10.9 Å². The Hall–Kier alpha value is -3.66. The average Bonchev–Trinajstić information content (AvgIpc) is 3.22. The van der Waals surface area contributed by atoms with E-state index in [0.29, 0.717) is 16.9 Å². The van der Waals surface area contributed by atoms with E-state index in [2.05, 4.69) is 4.98 Å². The molecular formula is C25H21NO3. The molecule has 1 heterocycles. The Balaban J connectivity index is 1.81. The van der Waals surface area contributed by atoms with Crippen molar-refractivity contribution < 1.29 is 14.3 Å². The van der Waals surface area contributed by atoms with Crippen LogP contribution in [0.15, 0.2) is 85.1 Å². The molecule has 0 bridgehead atoms. The molecule has 1 aromatic heterocycles. The molecule has 0 aliphatic carbocycles. The number of hydrogen-bond donors (Lipinski definition) is 1. The van der Waals surface area contributed by atoms with E-state index in [0.717, 1.165) is 16.5 Å². The van der Waals surface area contributed by atoms with Gasteiger partial charge in [-0.2, -0.15) is 0 Å². The van der Waals surface area contributed by atoms with Crippen molar-refractivity contribution in [2.24, 2.45) is 0 Å². The maximum Gasteiger partial charge on any atom is 0.170 e. The number of H-pyrrole nitrogens is 1. The van der Waals surface area contributed by atoms with Crippen LogP contribution >= 0.6 is 0 Å². The van der Waals surface area contributed by atoms with Crippen molar-refractivity contribution in [2.75, 3.05) is 7.11 Å². The fourth-order valence-corrected chi connectivity index (χ4v) is 3.70. The first-order valence-corrected chi connectivity index (χ1v) is 9.50. The fraction of sp³-hybridized carbons (Fsp3) is 0.120. The second-order valence-electron chi connectivity index (χ2n) is 6.90. The number of Topliss-reactive ketones (excluding diaryl/α,β-unsaturated/α-hetero) is 2. The van der Waals surface area contributed by atoms with Crippen molar-refractivity contribution in [3.8, 4) is 5.75 Å². The van der Waals surface area contributed by atoms with Gasteiger partial charge in [0.2, 0.25) is 0 Å². The zero-order valence-electron chi connectivity index (χ0n) is 16.1. The van der Waals surface area contributed by atoms with Gasteiger partial charge >= 0.3 is 0 Å². The van der Waals surface area contributed by atoms with Crippen LogP contribution in [0.3, 0.4) is 0 Å². The van der Waals surface area contributed by atoms with Gasteiger partial charge in [0.1, 0.15) is 5.75 Å². The summed E-state index contributed by atoms with van der Waals surface area (Å²) < 4.78 is 5.54. The number of nitrogens with one attached hydrogen (secondary N) is 1. The highest BCUT2D eigenvalue weighted by atomic mass is 16.5. The number of aromatic amines is 1. The highest BCUT2D eigenvalue weighted by Gasteiger charge is 2.28. The van der Waals surface area contributed by atoms with Crippen molar-refractivity contribution in [1.82, 2.24) is 4.98 Å². The normalized spacial score (nSPS) is 11.9. The van der Waals surface area contributed by atoms with E-state index in [9.17, 15) is 9.59 Å². The summed E-state index contributed by atoms with van der Waals surface area (Å²) in [6.07, 6.45) is 1.90. The lowest BCUT2D eigenvalue weighted by Gasteiger charge is -2.16. The summed E-state index contributed by atoms with van der Waals surface area (Å²) >= 11 is 0. The van der Waals surface area contributed by atoms with Gasteiger partial charge in [-0.05, 0) is 17.7 Å². The van der Waals surface area contributed by atoms with E-state index in [1.165, 1.54) is 0 Å². The number of fused-ring (bicyclic) bond motifs is 1.